The molecule has 3 rings (SSSR count). The minimum Gasteiger partial charge on any atom is -0.493 e. The highest BCUT2D eigenvalue weighted by Crippen LogP contribution is 2.43. The van der Waals surface area contributed by atoms with Crippen molar-refractivity contribution in [2.45, 2.75) is 14.7 Å². The van der Waals surface area contributed by atoms with Gasteiger partial charge in [-0.2, -0.15) is 0 Å². The molecule has 0 heterocycles. The van der Waals surface area contributed by atoms with Crippen LogP contribution in [-0.2, 0) is 4.79 Å². The topological polar surface area (TPSA) is 47.6 Å². The van der Waals surface area contributed by atoms with Crippen LogP contribution in [0.25, 0.3) is 0 Å². The SMILES string of the molecule is COc1cc(Sc2ccccc2Br)c(NC(=O)CCl)cc1OCSc1ccccc1Br. The molecule has 1 N–H and O–H groups in total. The average molecular weight is 604 g/mol. The number of benzene rings is 3. The number of thioether (sulfide) groups is 1. The normalized spacial score (nSPS) is 10.6. The van der Waals surface area contributed by atoms with Crippen molar-refractivity contribution < 1.29 is 14.3 Å². The summed E-state index contributed by atoms with van der Waals surface area (Å²) in [6, 6.07) is 19.4. The number of carbonyl (C=O) groups excluding carboxylic acids is 1. The lowest BCUT2D eigenvalue weighted by Crippen LogP contribution is -2.13. The van der Waals surface area contributed by atoms with Crippen LogP contribution in [0.5, 0.6) is 11.5 Å². The largest absolute Gasteiger partial charge is 0.493 e. The fourth-order valence-electron chi connectivity index (χ4n) is 2.54. The monoisotopic (exact) mass is 601 g/mol. The van der Waals surface area contributed by atoms with Crippen molar-refractivity contribution in [2.75, 3.05) is 24.2 Å². The van der Waals surface area contributed by atoms with Gasteiger partial charge in [0.15, 0.2) is 11.5 Å². The average Bonchev–Trinajstić information content (AvgIpc) is 2.77. The minimum absolute atomic E-state index is 0.140. The zero-order valence-corrected chi connectivity index (χ0v) is 21.9. The molecule has 0 unspecified atom stereocenters. The van der Waals surface area contributed by atoms with Crippen LogP contribution in [0.4, 0.5) is 5.69 Å². The third-order valence-electron chi connectivity index (χ3n) is 3.98. The van der Waals surface area contributed by atoms with Crippen LogP contribution >= 0.6 is 67.0 Å². The van der Waals surface area contributed by atoms with Crippen LogP contribution in [-0.4, -0.2) is 24.8 Å². The molecular weight excluding hydrogens is 586 g/mol. The van der Waals surface area contributed by atoms with Gasteiger partial charge in [0.05, 0.1) is 12.8 Å². The number of carbonyl (C=O) groups is 1. The van der Waals surface area contributed by atoms with Gasteiger partial charge in [-0.05, 0) is 56.1 Å². The van der Waals surface area contributed by atoms with E-state index in [0.717, 1.165) is 23.6 Å². The molecule has 0 saturated heterocycles. The van der Waals surface area contributed by atoms with Crippen molar-refractivity contribution in [2.24, 2.45) is 0 Å². The number of alkyl halides is 1. The van der Waals surface area contributed by atoms with E-state index >= 15 is 0 Å². The molecule has 0 aliphatic carbocycles. The van der Waals surface area contributed by atoms with Crippen LogP contribution in [0, 0.1) is 0 Å². The lowest BCUT2D eigenvalue weighted by atomic mass is 10.2. The Labute approximate surface area is 211 Å². The zero-order chi connectivity index (χ0) is 22.2. The summed E-state index contributed by atoms with van der Waals surface area (Å²) < 4.78 is 13.5. The molecule has 162 valence electrons. The van der Waals surface area contributed by atoms with Gasteiger partial charge in [-0.1, -0.05) is 47.8 Å². The van der Waals surface area contributed by atoms with Crippen LogP contribution in [0.15, 0.2) is 84.3 Å². The number of hydrogen-bond acceptors (Lipinski definition) is 5. The van der Waals surface area contributed by atoms with E-state index in [4.69, 9.17) is 21.1 Å². The third kappa shape index (κ3) is 6.83. The van der Waals surface area contributed by atoms with E-state index in [-0.39, 0.29) is 11.8 Å². The van der Waals surface area contributed by atoms with Crippen molar-refractivity contribution in [1.29, 1.82) is 0 Å². The van der Waals surface area contributed by atoms with E-state index in [2.05, 4.69) is 37.2 Å². The number of nitrogens with one attached hydrogen (secondary N) is 1. The van der Waals surface area contributed by atoms with Gasteiger partial charge in [-0.15, -0.1) is 11.6 Å². The Balaban J connectivity index is 1.86. The van der Waals surface area contributed by atoms with Crippen LogP contribution in [0.3, 0.4) is 0 Å². The first-order chi connectivity index (χ1) is 15.0. The standard InChI is InChI=1S/C22H18Br2ClNO3S2/c1-28-17-11-21(31-20-9-5-3-7-15(20)24)16(26-22(27)12-25)10-18(17)29-13-30-19-8-4-2-6-14(19)23/h2-11H,12-13H2,1H3,(H,26,27). The molecular formula is C22H18Br2ClNO3S2. The Morgan fingerprint density at radius 2 is 1.61 bits per heavy atom. The molecule has 0 atom stereocenters. The molecule has 3 aromatic carbocycles. The second-order valence-electron chi connectivity index (χ2n) is 6.05. The van der Waals surface area contributed by atoms with Crippen LogP contribution in [0.1, 0.15) is 0 Å². The third-order valence-corrected chi connectivity index (χ3v) is 8.17. The Hall–Kier alpha value is -1.32. The van der Waals surface area contributed by atoms with Gasteiger partial charge < -0.3 is 14.8 Å². The summed E-state index contributed by atoms with van der Waals surface area (Å²) >= 11 is 15.9. The molecule has 31 heavy (non-hydrogen) atoms. The lowest BCUT2D eigenvalue weighted by molar-refractivity contribution is -0.113. The number of methoxy groups -OCH3 is 1. The van der Waals surface area contributed by atoms with E-state index in [1.807, 2.05) is 54.6 Å². The summed E-state index contributed by atoms with van der Waals surface area (Å²) in [5, 5.41) is 2.85. The zero-order valence-electron chi connectivity index (χ0n) is 16.4. The van der Waals surface area contributed by atoms with Crippen molar-refractivity contribution in [1.82, 2.24) is 0 Å². The predicted octanol–water partition coefficient (Wildman–Crippen LogP) is 7.68. The number of amides is 1. The molecule has 0 fully saturated rings. The van der Waals surface area contributed by atoms with Gasteiger partial charge in [-0.3, -0.25) is 4.79 Å². The number of hydrogen-bond donors (Lipinski definition) is 1. The van der Waals surface area contributed by atoms with Gasteiger partial charge in [0.1, 0.15) is 11.8 Å². The van der Waals surface area contributed by atoms with Gasteiger partial charge in [-0.25, -0.2) is 0 Å². The molecule has 0 aliphatic rings. The number of rotatable bonds is 9. The van der Waals surface area contributed by atoms with Crippen LogP contribution in [0.2, 0.25) is 0 Å². The van der Waals surface area contributed by atoms with E-state index in [1.54, 1.807) is 24.9 Å². The molecule has 3 aromatic rings. The highest BCUT2D eigenvalue weighted by Gasteiger charge is 2.16. The smallest absolute Gasteiger partial charge is 0.239 e. The van der Waals surface area contributed by atoms with Crippen molar-refractivity contribution >= 4 is 78.6 Å². The van der Waals surface area contributed by atoms with Crippen molar-refractivity contribution in [3.05, 3.63) is 69.6 Å². The first-order valence-corrected chi connectivity index (χ1v) is 12.9. The summed E-state index contributed by atoms with van der Waals surface area (Å²) in [6.45, 7) is 0. The second-order valence-corrected chi connectivity index (χ2v) is 10.1. The van der Waals surface area contributed by atoms with E-state index < -0.39 is 0 Å². The Bertz CT molecular complexity index is 1070. The summed E-state index contributed by atoms with van der Waals surface area (Å²) in [5.41, 5.74) is 0.605. The summed E-state index contributed by atoms with van der Waals surface area (Å²) in [7, 11) is 1.59. The molecule has 0 bridgehead atoms. The molecule has 1 amide bonds. The maximum Gasteiger partial charge on any atom is 0.239 e. The quantitative estimate of drug-likeness (QED) is 0.155. The highest BCUT2D eigenvalue weighted by atomic mass is 79.9. The van der Waals surface area contributed by atoms with Crippen molar-refractivity contribution in [3.63, 3.8) is 0 Å². The molecule has 9 heteroatoms. The lowest BCUT2D eigenvalue weighted by Gasteiger charge is -2.17. The molecule has 0 saturated carbocycles. The molecule has 0 aromatic heterocycles. The van der Waals surface area contributed by atoms with E-state index in [1.165, 1.54) is 11.8 Å². The predicted molar refractivity (Wildman–Crippen MR) is 136 cm³/mol. The fraction of sp³-hybridized carbons (Fsp3) is 0.136. The summed E-state index contributed by atoms with van der Waals surface area (Å²) in [5.74, 6) is 1.04. The Morgan fingerprint density at radius 1 is 0.968 bits per heavy atom. The molecule has 0 spiro atoms. The Morgan fingerprint density at radius 3 is 2.23 bits per heavy atom. The highest BCUT2D eigenvalue weighted by molar-refractivity contribution is 9.10. The molecule has 0 aliphatic heterocycles. The fourth-order valence-corrected chi connectivity index (χ4v) is 5.39. The van der Waals surface area contributed by atoms with E-state index in [9.17, 15) is 4.79 Å². The van der Waals surface area contributed by atoms with Crippen molar-refractivity contribution in [3.8, 4) is 11.5 Å². The van der Waals surface area contributed by atoms with Gasteiger partial charge in [0.2, 0.25) is 5.91 Å². The molecule has 0 radical (unpaired) electrons. The number of anilines is 1. The maximum atomic E-state index is 12.0. The van der Waals surface area contributed by atoms with Gasteiger partial charge in [0, 0.05) is 35.8 Å². The second kappa shape index (κ2) is 12.1. The maximum absolute atomic E-state index is 12.0. The van der Waals surface area contributed by atoms with Gasteiger partial charge in [0.25, 0.3) is 0 Å². The first-order valence-electron chi connectivity index (χ1n) is 9.02. The van der Waals surface area contributed by atoms with Gasteiger partial charge >= 0.3 is 0 Å². The minimum atomic E-state index is -0.297. The summed E-state index contributed by atoms with van der Waals surface area (Å²) in [4.78, 5) is 14.9. The number of halogens is 3. The van der Waals surface area contributed by atoms with E-state index in [0.29, 0.717) is 23.1 Å². The Kier molecular flexibility index (Phi) is 9.47. The molecule has 4 nitrogen and oxygen atoms in total. The first kappa shape index (κ1) is 24.3. The summed E-state index contributed by atoms with van der Waals surface area (Å²) in [6.07, 6.45) is 0. The number of ether oxygens (including phenoxy) is 2. The van der Waals surface area contributed by atoms with Crippen LogP contribution < -0.4 is 14.8 Å².